The lowest BCUT2D eigenvalue weighted by Gasteiger charge is -2.19. The zero-order chi connectivity index (χ0) is 13.8. The van der Waals surface area contributed by atoms with Gasteiger partial charge in [0.1, 0.15) is 0 Å². The lowest BCUT2D eigenvalue weighted by molar-refractivity contribution is 0.551. The van der Waals surface area contributed by atoms with E-state index in [0.29, 0.717) is 27.3 Å². The number of halogens is 3. The smallest absolute Gasteiger partial charge is 0.297 e. The first-order valence-electron chi connectivity index (χ1n) is 5.45. The average Bonchev–Trinajstić information content (AvgIpc) is 2.37. The summed E-state index contributed by atoms with van der Waals surface area (Å²) in [5.74, 6) is 0. The summed E-state index contributed by atoms with van der Waals surface area (Å²) in [4.78, 5) is 12.5. The third kappa shape index (κ3) is 3.41. The van der Waals surface area contributed by atoms with Crippen molar-refractivity contribution in [2.45, 2.75) is 6.54 Å². The van der Waals surface area contributed by atoms with Crippen LogP contribution in [0.15, 0.2) is 42.5 Å². The van der Waals surface area contributed by atoms with Crippen molar-refractivity contribution >= 4 is 46.9 Å². The fraction of sp³-hybridized carbons (Fsp3) is 0.0714. The van der Waals surface area contributed by atoms with E-state index in [1.165, 1.54) is 4.90 Å². The molecule has 97 valence electrons. The van der Waals surface area contributed by atoms with Crippen molar-refractivity contribution in [2.75, 3.05) is 4.90 Å². The van der Waals surface area contributed by atoms with Gasteiger partial charge in [-0.05, 0) is 17.7 Å². The quantitative estimate of drug-likeness (QED) is 0.748. The molecular weight excluding hydrogens is 305 g/mol. The van der Waals surface area contributed by atoms with Crippen LogP contribution in [0, 0.1) is 0 Å². The van der Waals surface area contributed by atoms with Gasteiger partial charge in [-0.15, -0.1) is 0 Å². The van der Waals surface area contributed by atoms with Gasteiger partial charge in [-0.25, -0.2) is 0 Å². The second-order valence-electron chi connectivity index (χ2n) is 3.88. The number of carbonyl (C=O) groups excluding carboxylic acids is 1. The largest absolute Gasteiger partial charge is 0.317 e. The Morgan fingerprint density at radius 2 is 1.58 bits per heavy atom. The summed E-state index contributed by atoms with van der Waals surface area (Å²) < 4.78 is 0. The van der Waals surface area contributed by atoms with E-state index in [-0.39, 0.29) is 0 Å². The van der Waals surface area contributed by atoms with Crippen LogP contribution in [0.1, 0.15) is 5.56 Å². The van der Waals surface area contributed by atoms with E-state index >= 15 is 0 Å². The predicted octanol–water partition coefficient (Wildman–Crippen LogP) is 4.72. The van der Waals surface area contributed by atoms with E-state index in [2.05, 4.69) is 0 Å². The van der Waals surface area contributed by atoms with E-state index < -0.39 is 0 Å². The number of hydrogen-bond acceptors (Lipinski definition) is 1. The first-order valence-corrected chi connectivity index (χ1v) is 6.59. The van der Waals surface area contributed by atoms with Gasteiger partial charge in [0, 0.05) is 5.02 Å². The molecule has 2 aromatic carbocycles. The fourth-order valence-electron chi connectivity index (χ4n) is 1.72. The zero-order valence-corrected chi connectivity index (χ0v) is 12.0. The molecule has 0 N–H and O–H groups in total. The van der Waals surface area contributed by atoms with Crippen LogP contribution in [0.2, 0.25) is 15.1 Å². The molecule has 19 heavy (non-hydrogen) atoms. The second kappa shape index (κ2) is 6.29. The maximum Gasteiger partial charge on any atom is 0.317 e. The molecule has 1 amide bonds. The highest BCUT2D eigenvalue weighted by molar-refractivity contribution is 6.42. The Hall–Kier alpha value is -1.22. The molecule has 0 saturated heterocycles. The van der Waals surface area contributed by atoms with Crippen LogP contribution in [0.5, 0.6) is 0 Å². The van der Waals surface area contributed by atoms with Gasteiger partial charge in [0.25, 0.3) is 0 Å². The summed E-state index contributed by atoms with van der Waals surface area (Å²) in [6, 6.07) is 12.6. The van der Waals surface area contributed by atoms with Gasteiger partial charge in [-0.3, -0.25) is 9.69 Å². The minimum Gasteiger partial charge on any atom is -0.297 e. The standard InChI is InChI=1S/C14H9Cl3NO/c15-11-6-12(16)14(13(17)7-11)18(9-19)8-10-4-2-1-3-5-10/h1-7H,8H2. The molecule has 2 rings (SSSR count). The maximum absolute atomic E-state index is 11.1. The van der Waals surface area contributed by atoms with Gasteiger partial charge in [0.2, 0.25) is 0 Å². The summed E-state index contributed by atoms with van der Waals surface area (Å²) in [7, 11) is 0. The van der Waals surface area contributed by atoms with E-state index in [4.69, 9.17) is 34.8 Å². The Morgan fingerprint density at radius 1 is 1.00 bits per heavy atom. The Kier molecular flexibility index (Phi) is 4.70. The van der Waals surface area contributed by atoms with Gasteiger partial charge in [0.05, 0.1) is 22.3 Å². The van der Waals surface area contributed by atoms with E-state index in [9.17, 15) is 4.79 Å². The summed E-state index contributed by atoms with van der Waals surface area (Å²) in [6.45, 7) is 0.339. The first-order chi connectivity index (χ1) is 9.11. The molecule has 0 bridgehead atoms. The SMILES string of the molecule is O=[C]N(Cc1ccccc1)c1c(Cl)cc(Cl)cc1Cl. The Bertz CT molecular complexity index is 563. The lowest BCUT2D eigenvalue weighted by Crippen LogP contribution is -2.21. The molecule has 0 heterocycles. The molecule has 2 nitrogen and oxygen atoms in total. The normalized spacial score (nSPS) is 10.3. The zero-order valence-electron chi connectivity index (χ0n) is 9.74. The van der Waals surface area contributed by atoms with Crippen LogP contribution >= 0.6 is 34.8 Å². The third-order valence-corrected chi connectivity index (χ3v) is 3.34. The van der Waals surface area contributed by atoms with E-state index in [1.807, 2.05) is 36.7 Å². The minimum absolute atomic E-state index is 0.316. The Morgan fingerprint density at radius 3 is 2.11 bits per heavy atom. The van der Waals surface area contributed by atoms with E-state index in [0.717, 1.165) is 5.56 Å². The highest BCUT2D eigenvalue weighted by atomic mass is 35.5. The Labute approximate surface area is 126 Å². The molecule has 0 aromatic heterocycles. The summed E-state index contributed by atoms with van der Waals surface area (Å²) in [5, 5.41) is 1.05. The monoisotopic (exact) mass is 312 g/mol. The number of amides is 1. The van der Waals surface area contributed by atoms with Gasteiger partial charge in [-0.1, -0.05) is 65.1 Å². The molecule has 0 aliphatic carbocycles. The molecule has 0 atom stereocenters. The predicted molar refractivity (Wildman–Crippen MR) is 79.8 cm³/mol. The van der Waals surface area contributed by atoms with Crippen LogP contribution < -0.4 is 4.90 Å². The topological polar surface area (TPSA) is 20.3 Å². The second-order valence-corrected chi connectivity index (χ2v) is 5.13. The van der Waals surface area contributed by atoms with Gasteiger partial charge in [-0.2, -0.15) is 0 Å². The summed E-state index contributed by atoms with van der Waals surface area (Å²) in [6.07, 6.45) is 1.84. The molecule has 0 spiro atoms. The van der Waals surface area contributed by atoms with Gasteiger partial charge >= 0.3 is 6.41 Å². The van der Waals surface area contributed by atoms with Crippen molar-refractivity contribution in [3.8, 4) is 0 Å². The van der Waals surface area contributed by atoms with Crippen LogP contribution in [0.4, 0.5) is 5.69 Å². The van der Waals surface area contributed by atoms with Crippen molar-refractivity contribution < 1.29 is 4.79 Å². The maximum atomic E-state index is 11.1. The molecule has 0 fully saturated rings. The molecule has 2 aromatic rings. The van der Waals surface area contributed by atoms with Crippen molar-refractivity contribution in [1.82, 2.24) is 0 Å². The highest BCUT2D eigenvalue weighted by Gasteiger charge is 2.16. The number of hydrogen-bond donors (Lipinski definition) is 0. The summed E-state index contributed by atoms with van der Waals surface area (Å²) in [5.41, 5.74) is 1.36. The molecule has 0 unspecified atom stereocenters. The lowest BCUT2D eigenvalue weighted by atomic mass is 10.2. The van der Waals surface area contributed by atoms with Gasteiger partial charge < -0.3 is 0 Å². The molecule has 5 heteroatoms. The van der Waals surface area contributed by atoms with Crippen molar-refractivity contribution in [1.29, 1.82) is 0 Å². The van der Waals surface area contributed by atoms with Crippen LogP contribution in [-0.4, -0.2) is 6.41 Å². The fourth-order valence-corrected chi connectivity index (χ4v) is 2.74. The third-order valence-electron chi connectivity index (χ3n) is 2.55. The molecule has 1 radical (unpaired) electrons. The van der Waals surface area contributed by atoms with E-state index in [1.54, 1.807) is 12.1 Å². The highest BCUT2D eigenvalue weighted by Crippen LogP contribution is 2.36. The molecule has 0 saturated carbocycles. The van der Waals surface area contributed by atoms with Gasteiger partial charge in [0.15, 0.2) is 0 Å². The van der Waals surface area contributed by atoms with Crippen molar-refractivity contribution in [2.24, 2.45) is 0 Å². The average molecular weight is 314 g/mol. The Balaban J connectivity index is 2.35. The number of benzene rings is 2. The summed E-state index contributed by atoms with van der Waals surface area (Å²) >= 11 is 18.0. The van der Waals surface area contributed by atoms with Crippen LogP contribution in [0.3, 0.4) is 0 Å². The van der Waals surface area contributed by atoms with Crippen LogP contribution in [0.25, 0.3) is 0 Å². The number of anilines is 1. The first kappa shape index (κ1) is 14.2. The number of nitrogens with zero attached hydrogens (tertiary/aromatic N) is 1. The molecule has 0 aliphatic heterocycles. The van der Waals surface area contributed by atoms with Crippen molar-refractivity contribution in [3.63, 3.8) is 0 Å². The minimum atomic E-state index is 0.316. The molecular formula is C14H9Cl3NO. The molecule has 0 aliphatic rings. The van der Waals surface area contributed by atoms with Crippen molar-refractivity contribution in [3.05, 3.63) is 63.1 Å². The van der Waals surface area contributed by atoms with Crippen LogP contribution in [-0.2, 0) is 11.3 Å². The number of rotatable bonds is 4.